The van der Waals surface area contributed by atoms with E-state index >= 15 is 0 Å². The molecule has 3 rings (SSSR count). The summed E-state index contributed by atoms with van der Waals surface area (Å²) >= 11 is 0. The molecule has 1 saturated heterocycles. The number of aromatic nitrogens is 2. The molecule has 1 aromatic heterocycles. The first-order valence-electron chi connectivity index (χ1n) is 7.67. The fourth-order valence-electron chi connectivity index (χ4n) is 3.03. The Kier molecular flexibility index (Phi) is 4.55. The van der Waals surface area contributed by atoms with Gasteiger partial charge in [0.05, 0.1) is 23.1 Å². The van der Waals surface area contributed by atoms with Crippen LogP contribution in [0, 0.1) is 21.7 Å². The van der Waals surface area contributed by atoms with Crippen molar-refractivity contribution in [3.05, 3.63) is 51.8 Å². The molecule has 1 fully saturated rings. The first-order valence-corrected chi connectivity index (χ1v) is 7.67. The number of anilines is 1. The van der Waals surface area contributed by atoms with Crippen molar-refractivity contribution in [2.24, 2.45) is 0 Å². The smallest absolute Gasteiger partial charge is 0.365 e. The third-order valence-electron chi connectivity index (χ3n) is 4.20. The SMILES string of the molecule is O=[N+]([O-])c1cc(F)c(N2CCCC(n3ccc(C(F)(F)F)n3)C2)c(F)c1. The van der Waals surface area contributed by atoms with E-state index in [4.69, 9.17) is 0 Å². The molecular formula is C15H13F5N4O2. The van der Waals surface area contributed by atoms with Gasteiger partial charge in [-0.15, -0.1) is 0 Å². The highest BCUT2D eigenvalue weighted by Gasteiger charge is 2.35. The van der Waals surface area contributed by atoms with E-state index in [0.717, 1.165) is 10.7 Å². The van der Waals surface area contributed by atoms with Crippen molar-refractivity contribution < 1.29 is 26.9 Å². The van der Waals surface area contributed by atoms with Gasteiger partial charge in [0.15, 0.2) is 17.3 Å². The summed E-state index contributed by atoms with van der Waals surface area (Å²) < 4.78 is 67.5. The fourth-order valence-corrected chi connectivity index (χ4v) is 3.03. The van der Waals surface area contributed by atoms with Crippen LogP contribution >= 0.6 is 0 Å². The average Bonchev–Trinajstić information content (AvgIpc) is 3.04. The third kappa shape index (κ3) is 3.46. The van der Waals surface area contributed by atoms with Crippen molar-refractivity contribution in [2.75, 3.05) is 18.0 Å². The van der Waals surface area contributed by atoms with E-state index in [2.05, 4.69) is 5.10 Å². The van der Waals surface area contributed by atoms with Gasteiger partial charge in [-0.05, 0) is 18.9 Å². The second-order valence-electron chi connectivity index (χ2n) is 5.94. The van der Waals surface area contributed by atoms with Gasteiger partial charge in [-0.25, -0.2) is 8.78 Å². The molecular weight excluding hydrogens is 363 g/mol. The largest absolute Gasteiger partial charge is 0.435 e. The normalized spacial score (nSPS) is 18.2. The molecule has 0 saturated carbocycles. The maximum Gasteiger partial charge on any atom is 0.435 e. The summed E-state index contributed by atoms with van der Waals surface area (Å²) in [5, 5.41) is 14.2. The number of hydrogen-bond donors (Lipinski definition) is 0. The summed E-state index contributed by atoms with van der Waals surface area (Å²) in [6, 6.07) is 1.58. The topological polar surface area (TPSA) is 64.2 Å². The number of benzene rings is 1. The van der Waals surface area contributed by atoms with Gasteiger partial charge in [0.1, 0.15) is 5.69 Å². The Labute approximate surface area is 144 Å². The van der Waals surface area contributed by atoms with Crippen LogP contribution in [0.2, 0.25) is 0 Å². The number of rotatable bonds is 3. The van der Waals surface area contributed by atoms with Crippen molar-refractivity contribution in [2.45, 2.75) is 25.1 Å². The van der Waals surface area contributed by atoms with Gasteiger partial charge in [-0.3, -0.25) is 14.8 Å². The molecule has 0 bridgehead atoms. The molecule has 1 aliphatic heterocycles. The predicted octanol–water partition coefficient (Wildman–Crippen LogP) is 3.93. The molecule has 1 aliphatic rings. The minimum atomic E-state index is -4.57. The highest BCUT2D eigenvalue weighted by Crippen LogP contribution is 2.33. The molecule has 1 aromatic carbocycles. The molecule has 6 nitrogen and oxygen atoms in total. The average molecular weight is 376 g/mol. The van der Waals surface area contributed by atoms with Crippen LogP contribution in [0.4, 0.5) is 33.3 Å². The molecule has 140 valence electrons. The zero-order chi connectivity index (χ0) is 19.1. The number of piperidine rings is 1. The van der Waals surface area contributed by atoms with E-state index in [-0.39, 0.29) is 13.1 Å². The molecule has 1 atom stereocenters. The second kappa shape index (κ2) is 6.54. The minimum absolute atomic E-state index is 0.0324. The Hall–Kier alpha value is -2.72. The van der Waals surface area contributed by atoms with Crippen LogP contribution in [0.5, 0.6) is 0 Å². The monoisotopic (exact) mass is 376 g/mol. The van der Waals surface area contributed by atoms with Gasteiger partial charge in [-0.1, -0.05) is 0 Å². The third-order valence-corrected chi connectivity index (χ3v) is 4.20. The number of alkyl halides is 3. The summed E-state index contributed by atoms with van der Waals surface area (Å²) in [5.74, 6) is -2.18. The zero-order valence-electron chi connectivity index (χ0n) is 13.2. The molecule has 0 aliphatic carbocycles. The standard InChI is InChI=1S/C15H13F5N4O2/c16-11-6-10(24(25)26)7-12(17)14(11)22-4-1-2-9(8-22)23-5-3-13(21-23)15(18,19)20/h3,5-7,9H,1-2,4,8H2. The predicted molar refractivity (Wildman–Crippen MR) is 80.7 cm³/mol. The van der Waals surface area contributed by atoms with Gasteiger partial charge in [0.2, 0.25) is 0 Å². The lowest BCUT2D eigenvalue weighted by Gasteiger charge is -2.34. The van der Waals surface area contributed by atoms with Crippen molar-refractivity contribution in [1.29, 1.82) is 0 Å². The van der Waals surface area contributed by atoms with E-state index in [1.54, 1.807) is 0 Å². The number of nitrogens with zero attached hydrogens (tertiary/aromatic N) is 4. The van der Waals surface area contributed by atoms with Gasteiger partial charge in [0.25, 0.3) is 5.69 Å². The Bertz CT molecular complexity index is 813. The molecule has 1 unspecified atom stereocenters. The van der Waals surface area contributed by atoms with Gasteiger partial charge in [-0.2, -0.15) is 18.3 Å². The summed E-state index contributed by atoms with van der Waals surface area (Å²) in [6.45, 7) is 0.306. The Morgan fingerprint density at radius 3 is 2.42 bits per heavy atom. The van der Waals surface area contributed by atoms with Crippen LogP contribution < -0.4 is 4.90 Å². The van der Waals surface area contributed by atoms with Crippen molar-refractivity contribution in [1.82, 2.24) is 9.78 Å². The van der Waals surface area contributed by atoms with Gasteiger partial charge < -0.3 is 4.90 Å². The number of nitro benzene ring substituents is 1. The Morgan fingerprint density at radius 1 is 1.23 bits per heavy atom. The summed E-state index contributed by atoms with van der Waals surface area (Å²) in [7, 11) is 0. The molecule has 2 aromatic rings. The highest BCUT2D eigenvalue weighted by molar-refractivity contribution is 5.54. The van der Waals surface area contributed by atoms with E-state index in [1.807, 2.05) is 0 Å². The highest BCUT2D eigenvalue weighted by atomic mass is 19.4. The number of hydrogen-bond acceptors (Lipinski definition) is 4. The van der Waals surface area contributed by atoms with Crippen LogP contribution in [-0.4, -0.2) is 27.8 Å². The van der Waals surface area contributed by atoms with Crippen LogP contribution in [0.25, 0.3) is 0 Å². The maximum atomic E-state index is 14.2. The fraction of sp³-hybridized carbons (Fsp3) is 0.400. The maximum absolute atomic E-state index is 14.2. The van der Waals surface area contributed by atoms with Crippen LogP contribution in [0.1, 0.15) is 24.6 Å². The number of nitro groups is 1. The van der Waals surface area contributed by atoms with Crippen LogP contribution in [-0.2, 0) is 6.18 Å². The molecule has 26 heavy (non-hydrogen) atoms. The lowest BCUT2D eigenvalue weighted by Crippen LogP contribution is -2.38. The van der Waals surface area contributed by atoms with Crippen LogP contribution in [0.3, 0.4) is 0 Å². The Morgan fingerprint density at radius 2 is 1.88 bits per heavy atom. The summed E-state index contributed by atoms with van der Waals surface area (Å²) in [6.07, 6.45) is -2.43. The van der Waals surface area contributed by atoms with E-state index in [1.165, 1.54) is 11.1 Å². The number of non-ortho nitro benzene ring substituents is 1. The van der Waals surface area contributed by atoms with Crippen molar-refractivity contribution in [3.63, 3.8) is 0 Å². The molecule has 0 radical (unpaired) electrons. The van der Waals surface area contributed by atoms with Crippen molar-refractivity contribution >= 4 is 11.4 Å². The minimum Gasteiger partial charge on any atom is -0.365 e. The lowest BCUT2D eigenvalue weighted by molar-refractivity contribution is -0.385. The number of halogens is 5. The summed E-state index contributed by atoms with van der Waals surface area (Å²) in [5.41, 5.74) is -2.18. The molecule has 0 spiro atoms. The zero-order valence-corrected chi connectivity index (χ0v) is 13.2. The lowest BCUT2D eigenvalue weighted by atomic mass is 10.0. The van der Waals surface area contributed by atoms with E-state index < -0.39 is 45.8 Å². The first kappa shape index (κ1) is 18.1. The second-order valence-corrected chi connectivity index (χ2v) is 5.94. The van der Waals surface area contributed by atoms with Crippen LogP contribution in [0.15, 0.2) is 24.4 Å². The first-order chi connectivity index (χ1) is 12.2. The summed E-state index contributed by atoms with van der Waals surface area (Å²) in [4.78, 5) is 11.1. The molecule has 0 amide bonds. The Balaban J connectivity index is 1.85. The molecule has 11 heteroatoms. The molecule has 2 heterocycles. The van der Waals surface area contributed by atoms with Gasteiger partial charge in [0, 0.05) is 19.3 Å². The van der Waals surface area contributed by atoms with Gasteiger partial charge >= 0.3 is 6.18 Å². The van der Waals surface area contributed by atoms with Crippen molar-refractivity contribution in [3.8, 4) is 0 Å². The van der Waals surface area contributed by atoms with E-state index in [0.29, 0.717) is 25.0 Å². The van der Waals surface area contributed by atoms with E-state index in [9.17, 15) is 32.1 Å². The molecule has 0 N–H and O–H groups in total. The quantitative estimate of drug-likeness (QED) is 0.463.